The van der Waals surface area contributed by atoms with Crippen molar-refractivity contribution in [2.45, 2.75) is 40.3 Å². The molecular formula is C17H29N3O2. The topological polar surface area (TPSA) is 53.6 Å². The number of amides is 1. The van der Waals surface area contributed by atoms with E-state index in [4.69, 9.17) is 4.74 Å². The first kappa shape index (κ1) is 18.3. The van der Waals surface area contributed by atoms with Gasteiger partial charge in [0.2, 0.25) is 5.91 Å². The van der Waals surface area contributed by atoms with Crippen LogP contribution in [-0.4, -0.2) is 38.7 Å². The number of carbonyl (C=O) groups is 1. The smallest absolute Gasteiger partial charge is 0.217 e. The molecular weight excluding hydrogens is 278 g/mol. The number of hydrogen-bond acceptors (Lipinski definition) is 4. The third-order valence-corrected chi connectivity index (χ3v) is 3.58. The molecule has 22 heavy (non-hydrogen) atoms. The molecule has 5 nitrogen and oxygen atoms in total. The normalized spacial score (nSPS) is 11.9. The minimum absolute atomic E-state index is 0.000421. The molecule has 1 unspecified atom stereocenters. The van der Waals surface area contributed by atoms with Gasteiger partial charge in [-0.3, -0.25) is 4.79 Å². The van der Waals surface area contributed by atoms with E-state index in [9.17, 15) is 4.79 Å². The van der Waals surface area contributed by atoms with Crippen molar-refractivity contribution in [2.75, 3.05) is 31.6 Å². The number of carbonyl (C=O) groups excluding carboxylic acids is 1. The quantitative estimate of drug-likeness (QED) is 0.734. The van der Waals surface area contributed by atoms with Crippen LogP contribution in [0.2, 0.25) is 0 Å². The van der Waals surface area contributed by atoms with Crippen LogP contribution in [0.3, 0.4) is 0 Å². The molecule has 0 aromatic heterocycles. The molecule has 5 heteroatoms. The van der Waals surface area contributed by atoms with Crippen LogP contribution in [0.15, 0.2) is 18.2 Å². The fourth-order valence-electron chi connectivity index (χ4n) is 2.49. The van der Waals surface area contributed by atoms with Crippen molar-refractivity contribution in [3.05, 3.63) is 23.8 Å². The summed E-state index contributed by atoms with van der Waals surface area (Å²) in [6, 6.07) is 6.42. The summed E-state index contributed by atoms with van der Waals surface area (Å²) in [6.07, 6.45) is 0. The second kappa shape index (κ2) is 9.30. The van der Waals surface area contributed by atoms with Crippen molar-refractivity contribution in [3.63, 3.8) is 0 Å². The number of benzene rings is 1. The zero-order valence-corrected chi connectivity index (χ0v) is 14.4. The molecule has 0 aliphatic heterocycles. The Bertz CT molecular complexity index is 473. The summed E-state index contributed by atoms with van der Waals surface area (Å²) in [7, 11) is 1.71. The highest BCUT2D eigenvalue weighted by Gasteiger charge is 2.10. The van der Waals surface area contributed by atoms with Gasteiger partial charge in [0, 0.05) is 39.1 Å². The Morgan fingerprint density at radius 1 is 1.32 bits per heavy atom. The summed E-state index contributed by atoms with van der Waals surface area (Å²) < 4.78 is 5.52. The molecule has 124 valence electrons. The molecule has 1 amide bonds. The molecule has 0 fully saturated rings. The van der Waals surface area contributed by atoms with Crippen LogP contribution >= 0.6 is 0 Å². The lowest BCUT2D eigenvalue weighted by Crippen LogP contribution is -2.38. The van der Waals surface area contributed by atoms with E-state index in [1.807, 2.05) is 6.92 Å². The van der Waals surface area contributed by atoms with Crippen LogP contribution in [0, 0.1) is 0 Å². The zero-order valence-electron chi connectivity index (χ0n) is 14.4. The summed E-state index contributed by atoms with van der Waals surface area (Å²) in [6.45, 7) is 11.2. The minimum atomic E-state index is -0.000421. The second-order valence-corrected chi connectivity index (χ2v) is 5.41. The van der Waals surface area contributed by atoms with Crippen molar-refractivity contribution >= 4 is 11.6 Å². The molecule has 0 radical (unpaired) electrons. The lowest BCUT2D eigenvalue weighted by atomic mass is 10.1. The van der Waals surface area contributed by atoms with Gasteiger partial charge in [0.05, 0.1) is 12.8 Å². The molecule has 1 rings (SSSR count). The maximum absolute atomic E-state index is 11.0. The summed E-state index contributed by atoms with van der Waals surface area (Å²) in [5, 5.41) is 6.21. The maximum Gasteiger partial charge on any atom is 0.217 e. The molecule has 1 aromatic carbocycles. The number of ether oxygens (including phenoxy) is 1. The Morgan fingerprint density at radius 2 is 2.00 bits per heavy atom. The first-order valence-corrected chi connectivity index (χ1v) is 7.91. The summed E-state index contributed by atoms with van der Waals surface area (Å²) in [5.41, 5.74) is 2.30. The number of rotatable bonds is 9. The van der Waals surface area contributed by atoms with Crippen molar-refractivity contribution in [1.29, 1.82) is 0 Å². The fraction of sp³-hybridized carbons (Fsp3) is 0.588. The van der Waals surface area contributed by atoms with E-state index in [0.29, 0.717) is 0 Å². The van der Waals surface area contributed by atoms with Gasteiger partial charge in [0.25, 0.3) is 0 Å². The van der Waals surface area contributed by atoms with E-state index in [1.54, 1.807) is 7.11 Å². The molecule has 0 bridgehead atoms. The highest BCUT2D eigenvalue weighted by Crippen LogP contribution is 2.29. The maximum atomic E-state index is 11.0. The molecule has 0 saturated carbocycles. The fourth-order valence-corrected chi connectivity index (χ4v) is 2.49. The third-order valence-electron chi connectivity index (χ3n) is 3.58. The third kappa shape index (κ3) is 5.56. The van der Waals surface area contributed by atoms with Crippen LogP contribution < -0.4 is 20.3 Å². The Kier molecular flexibility index (Phi) is 7.74. The van der Waals surface area contributed by atoms with E-state index in [1.165, 1.54) is 12.5 Å². The number of nitrogens with one attached hydrogen (secondary N) is 2. The summed E-state index contributed by atoms with van der Waals surface area (Å²) in [4.78, 5) is 13.2. The van der Waals surface area contributed by atoms with Gasteiger partial charge in [0.1, 0.15) is 5.75 Å². The average Bonchev–Trinajstić information content (AvgIpc) is 2.48. The Hall–Kier alpha value is -1.75. The largest absolute Gasteiger partial charge is 0.495 e. The Morgan fingerprint density at radius 3 is 2.55 bits per heavy atom. The predicted molar refractivity (Wildman–Crippen MR) is 91.5 cm³/mol. The summed E-state index contributed by atoms with van der Waals surface area (Å²) >= 11 is 0. The number of hydrogen-bond donors (Lipinski definition) is 2. The number of nitrogens with zero attached hydrogens (tertiary/aromatic N) is 1. The Labute approximate surface area is 134 Å². The van der Waals surface area contributed by atoms with Gasteiger partial charge in [-0.1, -0.05) is 6.07 Å². The van der Waals surface area contributed by atoms with Crippen LogP contribution in [0.25, 0.3) is 0 Å². The average molecular weight is 307 g/mol. The molecule has 1 atom stereocenters. The van der Waals surface area contributed by atoms with Gasteiger partial charge in [-0.15, -0.1) is 0 Å². The van der Waals surface area contributed by atoms with Gasteiger partial charge in [-0.25, -0.2) is 0 Å². The molecule has 1 aromatic rings. The van der Waals surface area contributed by atoms with Crippen molar-refractivity contribution < 1.29 is 9.53 Å². The van der Waals surface area contributed by atoms with Gasteiger partial charge in [-0.2, -0.15) is 0 Å². The SMILES string of the molecule is CCN(CC)c1ccc(CNCC(C)NC(C)=O)cc1OC. The van der Waals surface area contributed by atoms with Gasteiger partial charge >= 0.3 is 0 Å². The van der Waals surface area contributed by atoms with Gasteiger partial charge in [-0.05, 0) is 38.5 Å². The highest BCUT2D eigenvalue weighted by atomic mass is 16.5. The number of anilines is 1. The lowest BCUT2D eigenvalue weighted by Gasteiger charge is -2.24. The summed E-state index contributed by atoms with van der Waals surface area (Å²) in [5.74, 6) is 0.900. The molecule has 0 spiro atoms. The highest BCUT2D eigenvalue weighted by molar-refractivity contribution is 5.73. The van der Waals surface area contributed by atoms with Crippen molar-refractivity contribution in [2.24, 2.45) is 0 Å². The van der Waals surface area contributed by atoms with E-state index < -0.39 is 0 Å². The predicted octanol–water partition coefficient (Wildman–Crippen LogP) is 2.16. The van der Waals surface area contributed by atoms with Crippen molar-refractivity contribution in [3.8, 4) is 5.75 Å². The number of methoxy groups -OCH3 is 1. The van der Waals surface area contributed by atoms with Crippen LogP contribution in [0.1, 0.15) is 33.3 Å². The van der Waals surface area contributed by atoms with E-state index >= 15 is 0 Å². The lowest BCUT2D eigenvalue weighted by molar-refractivity contribution is -0.119. The Balaban J connectivity index is 2.64. The molecule has 0 heterocycles. The molecule has 2 N–H and O–H groups in total. The van der Waals surface area contributed by atoms with Gasteiger partial charge in [0.15, 0.2) is 0 Å². The van der Waals surface area contributed by atoms with Crippen molar-refractivity contribution in [1.82, 2.24) is 10.6 Å². The minimum Gasteiger partial charge on any atom is -0.495 e. The van der Waals surface area contributed by atoms with E-state index in [2.05, 4.69) is 47.6 Å². The van der Waals surface area contributed by atoms with Crippen LogP contribution in [0.4, 0.5) is 5.69 Å². The zero-order chi connectivity index (χ0) is 16.5. The standard InChI is InChI=1S/C17H29N3O2/c1-6-20(7-2)16-9-8-15(10-17(16)22-5)12-18-11-13(3)19-14(4)21/h8-10,13,18H,6-7,11-12H2,1-5H3,(H,19,21). The van der Waals surface area contributed by atoms with Crippen LogP contribution in [-0.2, 0) is 11.3 Å². The monoisotopic (exact) mass is 307 g/mol. The first-order valence-electron chi connectivity index (χ1n) is 7.91. The molecule has 0 aliphatic rings. The molecule has 0 saturated heterocycles. The van der Waals surface area contributed by atoms with Gasteiger partial charge < -0.3 is 20.3 Å². The van der Waals surface area contributed by atoms with Crippen LogP contribution in [0.5, 0.6) is 5.75 Å². The second-order valence-electron chi connectivity index (χ2n) is 5.41. The van der Waals surface area contributed by atoms with E-state index in [0.717, 1.165) is 37.6 Å². The first-order chi connectivity index (χ1) is 10.5. The molecule has 0 aliphatic carbocycles. The van der Waals surface area contributed by atoms with E-state index in [-0.39, 0.29) is 11.9 Å².